The minimum Gasteiger partial charge on any atom is -0.477 e. The van der Waals surface area contributed by atoms with Gasteiger partial charge in [0.25, 0.3) is 0 Å². The molecule has 1 fully saturated rings. The Morgan fingerprint density at radius 1 is 1.48 bits per heavy atom. The molecule has 0 spiro atoms. The van der Waals surface area contributed by atoms with Gasteiger partial charge in [-0.1, -0.05) is 0 Å². The Morgan fingerprint density at radius 2 is 2.20 bits per heavy atom. The number of aliphatic hydroxyl groups excluding tert-OH is 1. The lowest BCUT2D eigenvalue weighted by atomic mass is 9.82. The predicted octanol–water partition coefficient (Wildman–Crippen LogP) is -1.31. The maximum atomic E-state index is 12.2. The second-order valence-corrected chi connectivity index (χ2v) is 6.64. The standard InChI is InChI=1S/C16H22N4O5/c1-7(21)13-10-3-9(14(16(24)25)20(10)15(13)23)8-5-18-11(19-6-8)4-12(22)17-2/h7-8,10,13,21H,3-6H2,1-2H3,(H,17,22)(H,18,19)(H,24,25)/t7-,10-,13-/m1/s1. The van der Waals surface area contributed by atoms with E-state index in [0.717, 1.165) is 0 Å². The number of aliphatic hydroxyl groups is 1. The molecule has 0 bridgehead atoms. The van der Waals surface area contributed by atoms with E-state index in [0.29, 0.717) is 30.9 Å². The number of nitrogens with zero attached hydrogens (tertiary/aromatic N) is 2. The zero-order chi connectivity index (χ0) is 18.3. The number of carboxylic acid groups (broad SMARTS) is 1. The lowest BCUT2D eigenvalue weighted by Crippen LogP contribution is -2.61. The molecule has 0 saturated carbocycles. The first-order valence-electron chi connectivity index (χ1n) is 8.30. The number of aliphatic imine (C=N–C) groups is 1. The van der Waals surface area contributed by atoms with E-state index in [9.17, 15) is 24.6 Å². The molecule has 1 unspecified atom stereocenters. The van der Waals surface area contributed by atoms with Gasteiger partial charge in [0.2, 0.25) is 11.8 Å². The maximum absolute atomic E-state index is 12.2. The van der Waals surface area contributed by atoms with Gasteiger partial charge in [-0.3, -0.25) is 14.6 Å². The van der Waals surface area contributed by atoms with Crippen LogP contribution in [0, 0.1) is 11.8 Å². The summed E-state index contributed by atoms with van der Waals surface area (Å²) < 4.78 is 0. The number of carbonyl (C=O) groups is 3. The van der Waals surface area contributed by atoms with Crippen LogP contribution in [0.3, 0.4) is 0 Å². The summed E-state index contributed by atoms with van der Waals surface area (Å²) in [4.78, 5) is 41.0. The van der Waals surface area contributed by atoms with Gasteiger partial charge >= 0.3 is 5.97 Å². The molecule has 25 heavy (non-hydrogen) atoms. The molecule has 3 heterocycles. The lowest BCUT2D eigenvalue weighted by Gasteiger charge is -2.44. The van der Waals surface area contributed by atoms with E-state index in [-0.39, 0.29) is 35.9 Å². The highest BCUT2D eigenvalue weighted by molar-refractivity contribution is 6.01. The summed E-state index contributed by atoms with van der Waals surface area (Å²) in [5.41, 5.74) is 0.716. The number of β-lactam (4-membered cyclic amide) rings is 1. The Bertz CT molecular complexity index is 684. The van der Waals surface area contributed by atoms with Crippen LogP contribution in [0.5, 0.6) is 0 Å². The largest absolute Gasteiger partial charge is 0.477 e. The van der Waals surface area contributed by atoms with E-state index in [1.54, 1.807) is 14.0 Å². The minimum absolute atomic E-state index is 0.0312. The number of nitrogens with one attached hydrogen (secondary N) is 2. The molecule has 1 saturated heterocycles. The molecule has 2 amide bonds. The molecular weight excluding hydrogens is 328 g/mol. The molecule has 3 rings (SSSR count). The number of carboxylic acids is 1. The Balaban J connectivity index is 1.77. The molecule has 3 aliphatic heterocycles. The molecular formula is C16H22N4O5. The average Bonchev–Trinajstić information content (AvgIpc) is 2.90. The summed E-state index contributed by atoms with van der Waals surface area (Å²) in [6, 6.07) is -0.287. The van der Waals surface area contributed by atoms with Gasteiger partial charge < -0.3 is 25.7 Å². The van der Waals surface area contributed by atoms with E-state index >= 15 is 0 Å². The number of hydrogen-bond acceptors (Lipinski definition) is 6. The van der Waals surface area contributed by atoms with Crippen molar-refractivity contribution in [2.75, 3.05) is 20.1 Å². The average molecular weight is 350 g/mol. The quantitative estimate of drug-likeness (QED) is 0.455. The van der Waals surface area contributed by atoms with Gasteiger partial charge in [0.1, 0.15) is 11.5 Å². The topological polar surface area (TPSA) is 131 Å². The minimum atomic E-state index is -1.13. The summed E-state index contributed by atoms with van der Waals surface area (Å²) in [6.45, 7) is 2.39. The van der Waals surface area contributed by atoms with Gasteiger partial charge in [0.05, 0.1) is 24.5 Å². The maximum Gasteiger partial charge on any atom is 0.352 e. The van der Waals surface area contributed by atoms with Crippen LogP contribution in [0.2, 0.25) is 0 Å². The third kappa shape index (κ3) is 2.88. The zero-order valence-electron chi connectivity index (χ0n) is 14.2. The van der Waals surface area contributed by atoms with Crippen LogP contribution in [-0.4, -0.2) is 71.0 Å². The molecule has 9 nitrogen and oxygen atoms in total. The monoisotopic (exact) mass is 350 g/mol. The number of amidine groups is 1. The van der Waals surface area contributed by atoms with Crippen LogP contribution in [0.25, 0.3) is 0 Å². The fourth-order valence-electron chi connectivity index (χ4n) is 3.84. The van der Waals surface area contributed by atoms with Crippen molar-refractivity contribution in [3.8, 4) is 0 Å². The summed E-state index contributed by atoms with van der Waals surface area (Å²) in [7, 11) is 1.55. The smallest absolute Gasteiger partial charge is 0.352 e. The molecule has 4 N–H and O–H groups in total. The van der Waals surface area contributed by atoms with Gasteiger partial charge in [0.15, 0.2) is 0 Å². The Labute approximate surface area is 144 Å². The van der Waals surface area contributed by atoms with E-state index in [2.05, 4.69) is 15.6 Å². The lowest BCUT2D eigenvalue weighted by molar-refractivity contribution is -0.161. The van der Waals surface area contributed by atoms with E-state index in [1.807, 2.05) is 0 Å². The van der Waals surface area contributed by atoms with Gasteiger partial charge in [-0.15, -0.1) is 0 Å². The number of fused-ring (bicyclic) bond motifs is 1. The molecule has 0 aromatic carbocycles. The Kier molecular flexibility index (Phi) is 4.51. The number of hydrogen-bond donors (Lipinski definition) is 4. The van der Waals surface area contributed by atoms with Crippen molar-refractivity contribution < 1.29 is 24.6 Å². The molecule has 0 aromatic heterocycles. The van der Waals surface area contributed by atoms with Crippen molar-refractivity contribution in [3.05, 3.63) is 11.3 Å². The van der Waals surface area contributed by atoms with E-state index in [1.165, 1.54) is 4.90 Å². The van der Waals surface area contributed by atoms with Crippen LogP contribution >= 0.6 is 0 Å². The second kappa shape index (κ2) is 6.47. The fraction of sp³-hybridized carbons (Fsp3) is 0.625. The molecule has 9 heteroatoms. The zero-order valence-corrected chi connectivity index (χ0v) is 14.2. The molecule has 0 aliphatic carbocycles. The number of amides is 2. The highest BCUT2D eigenvalue weighted by Gasteiger charge is 2.57. The van der Waals surface area contributed by atoms with Crippen molar-refractivity contribution in [2.24, 2.45) is 16.8 Å². The Hall–Kier alpha value is -2.42. The summed E-state index contributed by atoms with van der Waals surface area (Å²) in [5.74, 6) is -1.73. The van der Waals surface area contributed by atoms with Crippen molar-refractivity contribution in [2.45, 2.75) is 31.9 Å². The van der Waals surface area contributed by atoms with Crippen LogP contribution < -0.4 is 10.6 Å². The molecule has 0 radical (unpaired) electrons. The first-order valence-corrected chi connectivity index (χ1v) is 8.30. The first-order chi connectivity index (χ1) is 11.8. The summed E-state index contributed by atoms with van der Waals surface area (Å²) in [6.07, 6.45) is -0.203. The van der Waals surface area contributed by atoms with Gasteiger partial charge in [-0.25, -0.2) is 4.79 Å². The van der Waals surface area contributed by atoms with Crippen molar-refractivity contribution in [1.82, 2.24) is 15.5 Å². The highest BCUT2D eigenvalue weighted by Crippen LogP contribution is 2.45. The fourth-order valence-corrected chi connectivity index (χ4v) is 3.84. The number of aliphatic carboxylic acids is 1. The van der Waals surface area contributed by atoms with Gasteiger partial charge in [0, 0.05) is 26.1 Å². The first kappa shape index (κ1) is 17.4. The van der Waals surface area contributed by atoms with Crippen LogP contribution in [0.15, 0.2) is 16.3 Å². The third-order valence-electron chi connectivity index (χ3n) is 5.12. The van der Waals surface area contributed by atoms with Crippen LogP contribution in [0.1, 0.15) is 19.8 Å². The van der Waals surface area contributed by atoms with E-state index in [4.69, 9.17) is 0 Å². The number of carbonyl (C=O) groups excluding carboxylic acids is 2. The molecule has 4 atom stereocenters. The van der Waals surface area contributed by atoms with Crippen molar-refractivity contribution >= 4 is 23.6 Å². The van der Waals surface area contributed by atoms with Gasteiger partial charge in [-0.05, 0) is 18.9 Å². The van der Waals surface area contributed by atoms with Crippen molar-refractivity contribution in [3.63, 3.8) is 0 Å². The van der Waals surface area contributed by atoms with E-state index < -0.39 is 18.0 Å². The van der Waals surface area contributed by atoms with Crippen LogP contribution in [0.4, 0.5) is 0 Å². The number of rotatable bonds is 5. The molecule has 3 aliphatic rings. The molecule has 136 valence electrons. The van der Waals surface area contributed by atoms with Crippen molar-refractivity contribution in [1.29, 1.82) is 0 Å². The third-order valence-corrected chi connectivity index (χ3v) is 5.12. The van der Waals surface area contributed by atoms with Gasteiger partial charge in [-0.2, -0.15) is 0 Å². The second-order valence-electron chi connectivity index (χ2n) is 6.64. The predicted molar refractivity (Wildman–Crippen MR) is 87.6 cm³/mol. The van der Waals surface area contributed by atoms with Crippen LogP contribution in [-0.2, 0) is 14.4 Å². The summed E-state index contributed by atoms with van der Waals surface area (Å²) in [5, 5.41) is 24.9. The Morgan fingerprint density at radius 3 is 2.72 bits per heavy atom. The highest BCUT2D eigenvalue weighted by atomic mass is 16.4. The SMILES string of the molecule is CNC(=O)CC1=NCC(C2=C(C(=O)O)N3C(=O)[C@H]([C@@H](C)O)[C@H]3C2)CN1. The summed E-state index contributed by atoms with van der Waals surface area (Å²) >= 11 is 0. The molecule has 0 aromatic rings. The normalized spacial score (nSPS) is 29.4.